The summed E-state index contributed by atoms with van der Waals surface area (Å²) in [4.78, 5) is 10.9. The maximum absolute atomic E-state index is 6.85. The average Bonchev–Trinajstić information content (AvgIpc) is 3.78. The van der Waals surface area contributed by atoms with Crippen molar-refractivity contribution in [2.45, 2.75) is 0 Å². The number of rotatable bonds is 2. The molecule has 0 saturated heterocycles. The number of para-hydroxylation sites is 2. The molecule has 0 radical (unpaired) electrons. The second-order valence-electron chi connectivity index (χ2n) is 13.6. The number of hydrogen-bond acceptors (Lipinski definition) is 3. The Morgan fingerprint density at radius 3 is 1.83 bits per heavy atom. The van der Waals surface area contributed by atoms with Gasteiger partial charge in [-0.2, -0.15) is 0 Å². The summed E-state index contributed by atoms with van der Waals surface area (Å²) in [5, 5.41) is 14.9. The molecule has 4 heteroatoms. The molecule has 0 atom stereocenters. The number of furan rings is 1. The number of fused-ring (bicyclic) bond motifs is 18. The Kier molecular flexibility index (Phi) is 5.47. The van der Waals surface area contributed by atoms with E-state index in [1.54, 1.807) is 0 Å². The highest BCUT2D eigenvalue weighted by Crippen LogP contribution is 2.49. The van der Waals surface area contributed by atoms with E-state index in [0.717, 1.165) is 82.1 Å². The van der Waals surface area contributed by atoms with Gasteiger partial charge in [0.1, 0.15) is 11.2 Å². The molecule has 9 aromatic carbocycles. The molecule has 0 aliphatic carbocycles. The first-order valence-corrected chi connectivity index (χ1v) is 17.7. The van der Waals surface area contributed by atoms with Crippen molar-refractivity contribution in [3.8, 4) is 17.2 Å². The van der Waals surface area contributed by atoms with E-state index in [-0.39, 0.29) is 0 Å². The van der Waals surface area contributed by atoms with Gasteiger partial charge in [-0.3, -0.25) is 4.57 Å². The summed E-state index contributed by atoms with van der Waals surface area (Å²) in [6, 6.07) is 58.0. The Balaban J connectivity index is 1.34. The van der Waals surface area contributed by atoms with Crippen molar-refractivity contribution >= 4 is 97.7 Å². The molecule has 52 heavy (non-hydrogen) atoms. The first-order valence-electron chi connectivity index (χ1n) is 17.7. The van der Waals surface area contributed by atoms with Crippen molar-refractivity contribution < 1.29 is 4.42 Å². The molecule has 0 fully saturated rings. The summed E-state index contributed by atoms with van der Waals surface area (Å²) in [5.41, 5.74) is 6.85. The van der Waals surface area contributed by atoms with Gasteiger partial charge < -0.3 is 4.42 Å². The highest BCUT2D eigenvalue weighted by molar-refractivity contribution is 6.43. The van der Waals surface area contributed by atoms with Gasteiger partial charge in [0.15, 0.2) is 0 Å². The van der Waals surface area contributed by atoms with Gasteiger partial charge >= 0.3 is 0 Å². The number of benzene rings is 9. The van der Waals surface area contributed by atoms with Crippen molar-refractivity contribution in [2.24, 2.45) is 0 Å². The largest absolute Gasteiger partial charge is 0.455 e. The zero-order valence-electron chi connectivity index (χ0n) is 27.8. The molecule has 0 amide bonds. The van der Waals surface area contributed by atoms with E-state index in [0.29, 0.717) is 5.95 Å². The summed E-state index contributed by atoms with van der Waals surface area (Å²) in [6.07, 6.45) is 0. The Bertz CT molecular complexity index is 3470. The van der Waals surface area contributed by atoms with Crippen LogP contribution in [0.5, 0.6) is 0 Å². The van der Waals surface area contributed by atoms with Crippen molar-refractivity contribution in [1.82, 2.24) is 14.5 Å². The minimum atomic E-state index is 0.645. The van der Waals surface area contributed by atoms with Crippen LogP contribution < -0.4 is 0 Å². The SMILES string of the molecule is c1ccc(-c2nc(-n3c4ccccc4c4c5c6ccccc6c6c7ccccc7oc6c5c5ccccc5c43)nc3ccc4ccccc4c23)cc1. The lowest BCUT2D eigenvalue weighted by atomic mass is 9.90. The molecular formula is C48H27N3O. The molecule has 0 aliphatic rings. The second kappa shape index (κ2) is 10.3. The first-order chi connectivity index (χ1) is 25.8. The molecule has 0 saturated carbocycles. The quantitative estimate of drug-likeness (QED) is 0.173. The minimum Gasteiger partial charge on any atom is -0.455 e. The van der Waals surface area contributed by atoms with Gasteiger partial charge in [0.25, 0.3) is 0 Å². The van der Waals surface area contributed by atoms with Gasteiger partial charge in [-0.05, 0) is 45.1 Å². The molecule has 0 bridgehead atoms. The summed E-state index contributed by atoms with van der Waals surface area (Å²) in [6.45, 7) is 0. The van der Waals surface area contributed by atoms with Gasteiger partial charge in [0.05, 0.1) is 22.2 Å². The molecule has 240 valence electrons. The zero-order chi connectivity index (χ0) is 33.9. The fraction of sp³-hybridized carbons (Fsp3) is 0. The van der Waals surface area contributed by atoms with Crippen LogP contribution in [0.1, 0.15) is 0 Å². The third-order valence-corrected chi connectivity index (χ3v) is 10.9. The Morgan fingerprint density at radius 1 is 0.404 bits per heavy atom. The van der Waals surface area contributed by atoms with Crippen LogP contribution in [0.4, 0.5) is 0 Å². The fourth-order valence-electron chi connectivity index (χ4n) is 8.83. The van der Waals surface area contributed by atoms with E-state index in [1.807, 2.05) is 0 Å². The lowest BCUT2D eigenvalue weighted by molar-refractivity contribution is 0.673. The number of hydrogen-bond donors (Lipinski definition) is 0. The van der Waals surface area contributed by atoms with Crippen molar-refractivity contribution in [1.29, 1.82) is 0 Å². The van der Waals surface area contributed by atoms with Crippen LogP contribution in [0, 0.1) is 0 Å². The number of nitrogens with zero attached hydrogens (tertiary/aromatic N) is 3. The van der Waals surface area contributed by atoms with Crippen LogP contribution >= 0.6 is 0 Å². The van der Waals surface area contributed by atoms with Gasteiger partial charge in [-0.25, -0.2) is 9.97 Å². The lowest BCUT2D eigenvalue weighted by Crippen LogP contribution is -2.04. The molecule has 0 spiro atoms. The smallest absolute Gasteiger partial charge is 0.235 e. The molecule has 3 heterocycles. The van der Waals surface area contributed by atoms with Crippen molar-refractivity contribution in [3.05, 3.63) is 164 Å². The predicted octanol–water partition coefficient (Wildman–Crippen LogP) is 12.9. The highest BCUT2D eigenvalue weighted by atomic mass is 16.3. The van der Waals surface area contributed by atoms with Gasteiger partial charge in [0.2, 0.25) is 5.95 Å². The predicted molar refractivity (Wildman–Crippen MR) is 217 cm³/mol. The van der Waals surface area contributed by atoms with Crippen LogP contribution in [0.3, 0.4) is 0 Å². The average molecular weight is 662 g/mol. The molecule has 0 aliphatic heterocycles. The van der Waals surface area contributed by atoms with E-state index in [9.17, 15) is 0 Å². The third kappa shape index (κ3) is 3.60. The fourth-order valence-corrected chi connectivity index (χ4v) is 8.83. The second-order valence-corrected chi connectivity index (χ2v) is 13.6. The van der Waals surface area contributed by atoms with Crippen LogP contribution in [0.15, 0.2) is 168 Å². The molecule has 0 N–H and O–H groups in total. The van der Waals surface area contributed by atoms with Crippen molar-refractivity contribution in [2.75, 3.05) is 0 Å². The minimum absolute atomic E-state index is 0.645. The van der Waals surface area contributed by atoms with E-state index < -0.39 is 0 Å². The molecule has 3 aromatic heterocycles. The van der Waals surface area contributed by atoms with Crippen LogP contribution in [0.2, 0.25) is 0 Å². The molecule has 12 aromatic rings. The summed E-state index contributed by atoms with van der Waals surface area (Å²) in [5.74, 6) is 0.645. The normalized spacial score (nSPS) is 12.2. The lowest BCUT2D eigenvalue weighted by Gasteiger charge is -2.15. The topological polar surface area (TPSA) is 43.9 Å². The molecular weight excluding hydrogens is 635 g/mol. The van der Waals surface area contributed by atoms with E-state index >= 15 is 0 Å². The van der Waals surface area contributed by atoms with E-state index in [1.165, 1.54) is 26.9 Å². The van der Waals surface area contributed by atoms with Crippen LogP contribution in [-0.4, -0.2) is 14.5 Å². The number of aromatic nitrogens is 3. The maximum atomic E-state index is 6.85. The Morgan fingerprint density at radius 2 is 1.02 bits per heavy atom. The summed E-state index contributed by atoms with van der Waals surface area (Å²) < 4.78 is 9.15. The van der Waals surface area contributed by atoms with Gasteiger partial charge in [-0.15, -0.1) is 0 Å². The van der Waals surface area contributed by atoms with Crippen LogP contribution in [-0.2, 0) is 0 Å². The monoisotopic (exact) mass is 661 g/mol. The van der Waals surface area contributed by atoms with Crippen LogP contribution in [0.25, 0.3) is 115 Å². The van der Waals surface area contributed by atoms with Gasteiger partial charge in [0, 0.05) is 48.7 Å². The summed E-state index contributed by atoms with van der Waals surface area (Å²) in [7, 11) is 0. The highest BCUT2D eigenvalue weighted by Gasteiger charge is 2.26. The molecule has 4 nitrogen and oxygen atoms in total. The zero-order valence-corrected chi connectivity index (χ0v) is 27.8. The van der Waals surface area contributed by atoms with Crippen molar-refractivity contribution in [3.63, 3.8) is 0 Å². The maximum Gasteiger partial charge on any atom is 0.235 e. The van der Waals surface area contributed by atoms with Gasteiger partial charge in [-0.1, -0.05) is 146 Å². The third-order valence-electron chi connectivity index (χ3n) is 10.9. The molecule has 0 unspecified atom stereocenters. The Hall–Kier alpha value is -7.04. The van der Waals surface area contributed by atoms with E-state index in [4.69, 9.17) is 14.4 Å². The standard InChI is InChI=1S/C48H27N3O/c1-2-15-29(16-3-1)45-41-30-17-5-4-14-28(30)26-27-37(41)49-48(50-45)51-38-24-12-10-22-35(38)43-42-32-19-7-6-18-31(32)40-36-23-11-13-25-39(36)52-47(40)44(42)33-20-8-9-21-34(33)46(43)51/h1-27H. The summed E-state index contributed by atoms with van der Waals surface area (Å²) >= 11 is 0. The Labute approximate surface area is 296 Å². The molecule has 12 rings (SSSR count). The first kappa shape index (κ1) is 27.7. The van der Waals surface area contributed by atoms with E-state index in [2.05, 4.69) is 168 Å².